The van der Waals surface area contributed by atoms with Crippen LogP contribution in [0.5, 0.6) is 0 Å². The van der Waals surface area contributed by atoms with Crippen molar-refractivity contribution in [1.82, 2.24) is 5.16 Å². The van der Waals surface area contributed by atoms with Crippen molar-refractivity contribution in [3.63, 3.8) is 0 Å². The van der Waals surface area contributed by atoms with E-state index in [1.165, 1.54) is 0 Å². The van der Waals surface area contributed by atoms with Gasteiger partial charge in [-0.2, -0.15) is 23.7 Å². The SMILES string of the molecule is CC(C)(C)c1cc(CC(C#N)(C#N)CCC(F)(F)F)on1. The zero-order valence-electron chi connectivity index (χ0n) is 12.1. The monoisotopic (exact) mass is 299 g/mol. The lowest BCUT2D eigenvalue weighted by molar-refractivity contribution is -0.138. The number of aromatic nitrogens is 1. The lowest BCUT2D eigenvalue weighted by atomic mass is 9.81. The Morgan fingerprint density at radius 2 is 1.71 bits per heavy atom. The van der Waals surface area contributed by atoms with Crippen LogP contribution < -0.4 is 0 Å². The fourth-order valence-corrected chi connectivity index (χ4v) is 1.71. The number of nitriles is 2. The molecule has 0 atom stereocenters. The average molecular weight is 299 g/mol. The van der Waals surface area contributed by atoms with Crippen LogP contribution in [0.2, 0.25) is 0 Å². The Balaban J connectivity index is 2.92. The molecule has 0 fully saturated rings. The van der Waals surface area contributed by atoms with Gasteiger partial charge in [-0.25, -0.2) is 0 Å². The molecule has 114 valence electrons. The van der Waals surface area contributed by atoms with Crippen molar-refractivity contribution in [1.29, 1.82) is 10.5 Å². The first kappa shape index (κ1) is 17.0. The van der Waals surface area contributed by atoms with Gasteiger partial charge in [-0.1, -0.05) is 25.9 Å². The van der Waals surface area contributed by atoms with E-state index in [-0.39, 0.29) is 17.6 Å². The Bertz CT molecular complexity index is 556. The van der Waals surface area contributed by atoms with Crippen LogP contribution >= 0.6 is 0 Å². The van der Waals surface area contributed by atoms with Gasteiger partial charge in [-0.3, -0.25) is 0 Å². The molecule has 1 heterocycles. The van der Waals surface area contributed by atoms with Gasteiger partial charge in [0.25, 0.3) is 0 Å². The van der Waals surface area contributed by atoms with Gasteiger partial charge in [0.15, 0.2) is 5.41 Å². The second-order valence-corrected chi connectivity index (χ2v) is 6.03. The number of hydrogen-bond donors (Lipinski definition) is 0. The molecule has 0 aliphatic carbocycles. The zero-order valence-corrected chi connectivity index (χ0v) is 12.1. The van der Waals surface area contributed by atoms with Gasteiger partial charge in [0.2, 0.25) is 0 Å². The summed E-state index contributed by atoms with van der Waals surface area (Å²) in [5.41, 5.74) is -1.42. The number of hydrogen-bond acceptors (Lipinski definition) is 4. The molecule has 1 aromatic rings. The van der Waals surface area contributed by atoms with Crippen LogP contribution in [0.4, 0.5) is 13.2 Å². The Morgan fingerprint density at radius 1 is 1.14 bits per heavy atom. The molecule has 0 saturated heterocycles. The molecule has 1 aromatic heterocycles. The van der Waals surface area contributed by atoms with Crippen molar-refractivity contribution in [2.45, 2.75) is 51.6 Å². The predicted octanol–water partition coefficient (Wildman–Crippen LogP) is 3.89. The van der Waals surface area contributed by atoms with Crippen LogP contribution in [0.15, 0.2) is 10.6 Å². The second kappa shape index (κ2) is 5.77. The fourth-order valence-electron chi connectivity index (χ4n) is 1.71. The summed E-state index contributed by atoms with van der Waals surface area (Å²) < 4.78 is 42.0. The number of halogens is 3. The van der Waals surface area contributed by atoms with E-state index in [9.17, 15) is 13.2 Å². The molecule has 21 heavy (non-hydrogen) atoms. The standard InChI is InChI=1S/C14H16F3N3O/c1-12(2,3)11-6-10(21-20-11)7-13(8-18,9-19)4-5-14(15,16)17/h6H,4-5,7H2,1-3H3. The molecular weight excluding hydrogens is 283 g/mol. The average Bonchev–Trinajstić information content (AvgIpc) is 2.82. The minimum Gasteiger partial charge on any atom is -0.361 e. The zero-order chi connectivity index (χ0) is 16.3. The van der Waals surface area contributed by atoms with E-state index in [4.69, 9.17) is 15.0 Å². The molecule has 4 nitrogen and oxygen atoms in total. The first-order valence-electron chi connectivity index (χ1n) is 6.37. The van der Waals surface area contributed by atoms with E-state index in [0.717, 1.165) is 0 Å². The molecule has 0 aliphatic heterocycles. The molecule has 0 spiro atoms. The molecule has 7 heteroatoms. The molecule has 0 amide bonds. The van der Waals surface area contributed by atoms with Crippen molar-refractivity contribution >= 4 is 0 Å². The quantitative estimate of drug-likeness (QED) is 0.845. The summed E-state index contributed by atoms with van der Waals surface area (Å²) in [4.78, 5) is 0. The lowest BCUT2D eigenvalue weighted by Gasteiger charge is -2.17. The Morgan fingerprint density at radius 3 is 2.10 bits per heavy atom. The minimum absolute atomic E-state index is 0.209. The van der Waals surface area contributed by atoms with Crippen molar-refractivity contribution in [3.05, 3.63) is 17.5 Å². The van der Waals surface area contributed by atoms with Crippen LogP contribution in [0.1, 0.15) is 45.1 Å². The number of rotatable bonds is 4. The third kappa shape index (κ3) is 4.78. The highest BCUT2D eigenvalue weighted by Gasteiger charge is 2.38. The maximum Gasteiger partial charge on any atom is 0.389 e. The molecule has 0 bridgehead atoms. The molecule has 0 N–H and O–H groups in total. The maximum absolute atomic E-state index is 12.3. The Kier molecular flexibility index (Phi) is 4.68. The second-order valence-electron chi connectivity index (χ2n) is 6.03. The third-order valence-corrected chi connectivity index (χ3v) is 3.07. The summed E-state index contributed by atoms with van der Waals surface area (Å²) in [6, 6.07) is 4.95. The smallest absolute Gasteiger partial charge is 0.361 e. The third-order valence-electron chi connectivity index (χ3n) is 3.07. The summed E-state index contributed by atoms with van der Waals surface area (Å²) in [5, 5.41) is 22.0. The first-order valence-corrected chi connectivity index (χ1v) is 6.37. The molecule has 1 rings (SSSR count). The minimum atomic E-state index is -4.41. The maximum atomic E-state index is 12.3. The van der Waals surface area contributed by atoms with Gasteiger partial charge < -0.3 is 4.52 Å². The highest BCUT2D eigenvalue weighted by atomic mass is 19.4. The molecule has 0 unspecified atom stereocenters. The highest BCUT2D eigenvalue weighted by molar-refractivity contribution is 5.21. The first-order chi connectivity index (χ1) is 9.51. The van der Waals surface area contributed by atoms with Gasteiger partial charge in [-0.05, 0) is 6.42 Å². The van der Waals surface area contributed by atoms with Crippen molar-refractivity contribution in [2.75, 3.05) is 0 Å². The van der Waals surface area contributed by atoms with E-state index in [0.29, 0.717) is 5.69 Å². The van der Waals surface area contributed by atoms with E-state index in [1.54, 1.807) is 18.2 Å². The summed E-state index contributed by atoms with van der Waals surface area (Å²) in [6.45, 7) is 5.71. The van der Waals surface area contributed by atoms with Gasteiger partial charge in [0.05, 0.1) is 17.8 Å². The van der Waals surface area contributed by atoms with Gasteiger partial charge >= 0.3 is 6.18 Å². The van der Waals surface area contributed by atoms with E-state index >= 15 is 0 Å². The van der Waals surface area contributed by atoms with Gasteiger partial charge in [0.1, 0.15) is 5.76 Å². The van der Waals surface area contributed by atoms with Crippen LogP contribution in [0.3, 0.4) is 0 Å². The summed E-state index contributed by atoms with van der Waals surface area (Å²) in [7, 11) is 0. The van der Waals surface area contributed by atoms with Crippen LogP contribution in [-0.4, -0.2) is 11.3 Å². The van der Waals surface area contributed by atoms with Gasteiger partial charge in [-0.15, -0.1) is 0 Å². The van der Waals surface area contributed by atoms with Crippen LogP contribution in [0, 0.1) is 28.1 Å². The topological polar surface area (TPSA) is 73.6 Å². The molecule has 0 saturated carbocycles. The van der Waals surface area contributed by atoms with Crippen LogP contribution in [-0.2, 0) is 11.8 Å². The van der Waals surface area contributed by atoms with Gasteiger partial charge in [0, 0.05) is 24.3 Å². The summed E-state index contributed by atoms with van der Waals surface area (Å²) >= 11 is 0. The lowest BCUT2D eigenvalue weighted by Crippen LogP contribution is -2.23. The van der Waals surface area contributed by atoms with E-state index in [1.807, 2.05) is 20.8 Å². The Hall–Kier alpha value is -2.02. The highest BCUT2D eigenvalue weighted by Crippen LogP contribution is 2.34. The molecular formula is C14H16F3N3O. The Labute approximate surface area is 121 Å². The predicted molar refractivity (Wildman–Crippen MR) is 67.9 cm³/mol. The molecule has 0 aliphatic rings. The van der Waals surface area contributed by atoms with Crippen molar-refractivity contribution in [2.24, 2.45) is 5.41 Å². The van der Waals surface area contributed by atoms with Crippen molar-refractivity contribution in [3.8, 4) is 12.1 Å². The molecule has 0 radical (unpaired) electrons. The van der Waals surface area contributed by atoms with Crippen LogP contribution in [0.25, 0.3) is 0 Å². The number of alkyl halides is 3. The van der Waals surface area contributed by atoms with E-state index in [2.05, 4.69) is 5.16 Å². The fraction of sp³-hybridized carbons (Fsp3) is 0.643. The largest absolute Gasteiger partial charge is 0.389 e. The molecule has 0 aromatic carbocycles. The van der Waals surface area contributed by atoms with E-state index < -0.39 is 24.4 Å². The van der Waals surface area contributed by atoms with Crippen molar-refractivity contribution < 1.29 is 17.7 Å². The summed E-state index contributed by atoms with van der Waals surface area (Å²) in [5.74, 6) is 0.241. The number of nitrogens with zero attached hydrogens (tertiary/aromatic N) is 3. The summed E-state index contributed by atoms with van der Waals surface area (Å²) in [6.07, 6.45) is -6.39. The normalized spacial score (nSPS) is 12.8.